The second kappa shape index (κ2) is 4.22. The minimum Gasteiger partial charge on any atom is -0.463 e. The highest BCUT2D eigenvalue weighted by Gasteiger charge is 2.08. The van der Waals surface area contributed by atoms with Crippen LogP contribution in [-0.2, 0) is 0 Å². The largest absolute Gasteiger partial charge is 0.463 e. The lowest BCUT2D eigenvalue weighted by atomic mass is 10.2. The number of ether oxygens (including phenoxy) is 1. The molecule has 0 amide bonds. The first-order chi connectivity index (χ1) is 7.70. The second-order valence-electron chi connectivity index (χ2n) is 3.43. The number of nitrogens with zero attached hydrogens (tertiary/aromatic N) is 3. The molecule has 5 heteroatoms. The highest BCUT2D eigenvalue weighted by molar-refractivity contribution is 5.39. The Hall–Kier alpha value is -2.04. The molecule has 0 aliphatic heterocycles. The molecule has 1 heterocycles. The van der Waals surface area contributed by atoms with Crippen molar-refractivity contribution in [2.45, 2.75) is 13.8 Å². The molecule has 0 unspecified atom stereocenters. The van der Waals surface area contributed by atoms with Crippen LogP contribution >= 0.6 is 0 Å². The van der Waals surface area contributed by atoms with Crippen LogP contribution in [0.1, 0.15) is 12.5 Å². The number of nitrogens with two attached hydrogens (primary N) is 1. The number of aromatic nitrogens is 3. The van der Waals surface area contributed by atoms with E-state index < -0.39 is 0 Å². The average molecular weight is 218 g/mol. The quantitative estimate of drug-likeness (QED) is 0.849. The van der Waals surface area contributed by atoms with Gasteiger partial charge in [-0.2, -0.15) is 9.67 Å². The lowest BCUT2D eigenvalue weighted by Crippen LogP contribution is -2.02. The Kier molecular flexibility index (Phi) is 2.76. The Bertz CT molecular complexity index is 475. The molecule has 0 radical (unpaired) electrons. The van der Waals surface area contributed by atoms with E-state index in [1.165, 1.54) is 5.56 Å². The van der Waals surface area contributed by atoms with E-state index in [0.29, 0.717) is 18.6 Å². The van der Waals surface area contributed by atoms with Crippen molar-refractivity contribution in [3.05, 3.63) is 29.8 Å². The minimum atomic E-state index is 0.306. The summed E-state index contributed by atoms with van der Waals surface area (Å²) < 4.78 is 6.75. The van der Waals surface area contributed by atoms with E-state index in [-0.39, 0.29) is 0 Å². The molecule has 0 fully saturated rings. The van der Waals surface area contributed by atoms with E-state index in [4.69, 9.17) is 10.5 Å². The van der Waals surface area contributed by atoms with Gasteiger partial charge >= 0.3 is 6.01 Å². The fourth-order valence-electron chi connectivity index (χ4n) is 1.37. The van der Waals surface area contributed by atoms with Gasteiger partial charge in [0.05, 0.1) is 12.3 Å². The molecule has 0 aliphatic rings. The minimum absolute atomic E-state index is 0.306. The van der Waals surface area contributed by atoms with Crippen molar-refractivity contribution in [2.75, 3.05) is 12.3 Å². The molecule has 84 valence electrons. The number of anilines is 1. The Morgan fingerprint density at radius 1 is 1.31 bits per heavy atom. The number of nitrogen functional groups attached to an aromatic ring is 1. The van der Waals surface area contributed by atoms with E-state index in [2.05, 4.69) is 10.1 Å². The van der Waals surface area contributed by atoms with Crippen molar-refractivity contribution in [1.29, 1.82) is 0 Å². The third kappa shape index (κ3) is 1.98. The molecule has 0 atom stereocenters. The molecule has 0 saturated carbocycles. The molecular formula is C11H14N4O. The zero-order chi connectivity index (χ0) is 11.5. The number of hydrogen-bond donors (Lipinski definition) is 1. The maximum atomic E-state index is 5.75. The average Bonchev–Trinajstić information content (AvgIpc) is 2.61. The van der Waals surface area contributed by atoms with Gasteiger partial charge in [-0.3, -0.25) is 0 Å². The van der Waals surface area contributed by atoms with Gasteiger partial charge in [0.15, 0.2) is 0 Å². The summed E-state index contributed by atoms with van der Waals surface area (Å²) in [4.78, 5) is 4.01. The summed E-state index contributed by atoms with van der Waals surface area (Å²) in [6, 6.07) is 8.18. The molecule has 2 aromatic rings. The van der Waals surface area contributed by atoms with Gasteiger partial charge in [0.25, 0.3) is 0 Å². The Morgan fingerprint density at radius 2 is 2.00 bits per heavy atom. The molecule has 0 spiro atoms. The monoisotopic (exact) mass is 218 g/mol. The van der Waals surface area contributed by atoms with E-state index in [1.807, 2.05) is 38.1 Å². The van der Waals surface area contributed by atoms with Crippen LogP contribution in [0, 0.1) is 6.92 Å². The Morgan fingerprint density at radius 3 is 2.62 bits per heavy atom. The first-order valence-electron chi connectivity index (χ1n) is 5.13. The summed E-state index contributed by atoms with van der Waals surface area (Å²) in [5.74, 6) is 0.326. The zero-order valence-electron chi connectivity index (χ0n) is 9.34. The molecule has 16 heavy (non-hydrogen) atoms. The predicted molar refractivity (Wildman–Crippen MR) is 61.7 cm³/mol. The maximum Gasteiger partial charge on any atom is 0.337 e. The molecule has 0 saturated heterocycles. The molecule has 1 aromatic heterocycles. The first kappa shape index (κ1) is 10.5. The Balaban J connectivity index is 2.36. The zero-order valence-corrected chi connectivity index (χ0v) is 9.34. The van der Waals surface area contributed by atoms with Gasteiger partial charge in [0, 0.05) is 0 Å². The van der Waals surface area contributed by atoms with Crippen molar-refractivity contribution in [3.63, 3.8) is 0 Å². The number of rotatable bonds is 3. The van der Waals surface area contributed by atoms with Gasteiger partial charge in [0.1, 0.15) is 0 Å². The Labute approximate surface area is 93.9 Å². The van der Waals surface area contributed by atoms with Gasteiger partial charge < -0.3 is 10.5 Å². The standard InChI is InChI=1S/C11H14N4O/c1-3-16-11-13-10(12)15(14-11)9-6-4-8(2)5-7-9/h4-7H,3H2,1-2H3,(H2,12,13,14). The van der Waals surface area contributed by atoms with Crippen LogP contribution in [0.2, 0.25) is 0 Å². The number of benzene rings is 1. The molecule has 2 N–H and O–H groups in total. The molecule has 0 aliphatic carbocycles. The summed E-state index contributed by atoms with van der Waals surface area (Å²) in [5, 5.41) is 4.16. The topological polar surface area (TPSA) is 66.0 Å². The summed E-state index contributed by atoms with van der Waals surface area (Å²) in [6.07, 6.45) is 0. The van der Waals surface area contributed by atoms with Crippen LogP contribution in [-0.4, -0.2) is 21.4 Å². The highest BCUT2D eigenvalue weighted by Crippen LogP contribution is 2.15. The fraction of sp³-hybridized carbons (Fsp3) is 0.273. The molecule has 5 nitrogen and oxygen atoms in total. The van der Waals surface area contributed by atoms with Crippen LogP contribution in [0.4, 0.5) is 5.95 Å². The van der Waals surface area contributed by atoms with Crippen LogP contribution in [0.3, 0.4) is 0 Å². The molecule has 2 rings (SSSR count). The lowest BCUT2D eigenvalue weighted by Gasteiger charge is -2.01. The van der Waals surface area contributed by atoms with E-state index in [1.54, 1.807) is 4.68 Å². The fourth-order valence-corrected chi connectivity index (χ4v) is 1.37. The predicted octanol–water partition coefficient (Wildman–Crippen LogP) is 1.56. The van der Waals surface area contributed by atoms with Crippen molar-refractivity contribution in [2.24, 2.45) is 0 Å². The van der Waals surface area contributed by atoms with E-state index in [0.717, 1.165) is 5.69 Å². The van der Waals surface area contributed by atoms with Gasteiger partial charge in [0.2, 0.25) is 5.95 Å². The SMILES string of the molecule is CCOc1nc(N)n(-c2ccc(C)cc2)n1. The van der Waals surface area contributed by atoms with Crippen LogP contribution in [0.5, 0.6) is 6.01 Å². The number of hydrogen-bond acceptors (Lipinski definition) is 4. The van der Waals surface area contributed by atoms with Gasteiger partial charge in [-0.05, 0) is 26.0 Å². The molecular weight excluding hydrogens is 204 g/mol. The molecule has 1 aromatic carbocycles. The smallest absolute Gasteiger partial charge is 0.337 e. The van der Waals surface area contributed by atoms with Gasteiger partial charge in [-0.25, -0.2) is 0 Å². The highest BCUT2D eigenvalue weighted by atomic mass is 16.5. The van der Waals surface area contributed by atoms with Gasteiger partial charge in [-0.15, -0.1) is 5.10 Å². The van der Waals surface area contributed by atoms with Crippen molar-refractivity contribution in [3.8, 4) is 11.7 Å². The summed E-state index contributed by atoms with van der Waals surface area (Å²) in [7, 11) is 0. The van der Waals surface area contributed by atoms with Crippen LogP contribution in [0.25, 0.3) is 5.69 Å². The third-order valence-electron chi connectivity index (χ3n) is 2.16. The summed E-state index contributed by atoms with van der Waals surface area (Å²) in [5.41, 5.74) is 7.81. The van der Waals surface area contributed by atoms with Crippen LogP contribution < -0.4 is 10.5 Å². The van der Waals surface area contributed by atoms with Crippen molar-refractivity contribution >= 4 is 5.95 Å². The lowest BCUT2D eigenvalue weighted by molar-refractivity contribution is 0.312. The normalized spacial score (nSPS) is 10.4. The van der Waals surface area contributed by atoms with Gasteiger partial charge in [-0.1, -0.05) is 17.7 Å². The van der Waals surface area contributed by atoms with E-state index in [9.17, 15) is 0 Å². The summed E-state index contributed by atoms with van der Waals surface area (Å²) in [6.45, 7) is 4.43. The molecule has 0 bridgehead atoms. The number of aryl methyl sites for hydroxylation is 1. The van der Waals surface area contributed by atoms with Crippen molar-refractivity contribution < 1.29 is 4.74 Å². The summed E-state index contributed by atoms with van der Waals surface area (Å²) >= 11 is 0. The second-order valence-corrected chi connectivity index (χ2v) is 3.43. The first-order valence-corrected chi connectivity index (χ1v) is 5.13. The maximum absolute atomic E-state index is 5.75. The van der Waals surface area contributed by atoms with Crippen molar-refractivity contribution in [1.82, 2.24) is 14.8 Å². The van der Waals surface area contributed by atoms with Crippen LogP contribution in [0.15, 0.2) is 24.3 Å². The van der Waals surface area contributed by atoms with E-state index >= 15 is 0 Å². The third-order valence-corrected chi connectivity index (χ3v) is 2.16.